The third-order valence-corrected chi connectivity index (χ3v) is 3.83. The second-order valence-electron chi connectivity index (χ2n) is 4.69. The van der Waals surface area contributed by atoms with Crippen molar-refractivity contribution in [3.8, 4) is 0 Å². The molecule has 1 saturated carbocycles. The van der Waals surface area contributed by atoms with Crippen molar-refractivity contribution in [2.45, 2.75) is 31.0 Å². The summed E-state index contributed by atoms with van der Waals surface area (Å²) in [5.41, 5.74) is 0.272. The van der Waals surface area contributed by atoms with E-state index in [0.717, 1.165) is 0 Å². The summed E-state index contributed by atoms with van der Waals surface area (Å²) in [7, 11) is 0. The average Bonchev–Trinajstić information content (AvgIpc) is 2.41. The molecular weight excluding hydrogens is 294 g/mol. The van der Waals surface area contributed by atoms with Gasteiger partial charge >= 0.3 is 11.9 Å². The summed E-state index contributed by atoms with van der Waals surface area (Å²) in [4.78, 5) is 31.0. The molecule has 0 atom stereocenters. The zero-order valence-corrected chi connectivity index (χ0v) is 12.6. The molecule has 0 radical (unpaired) electrons. The van der Waals surface area contributed by atoms with Crippen LogP contribution in [0.1, 0.15) is 30.1 Å². The zero-order chi connectivity index (χ0) is 15.4. The Morgan fingerprint density at radius 1 is 1.52 bits per heavy atom. The van der Waals surface area contributed by atoms with Gasteiger partial charge in [0.1, 0.15) is 11.4 Å². The lowest BCUT2D eigenvalue weighted by Crippen LogP contribution is -2.40. The second kappa shape index (κ2) is 6.75. The van der Waals surface area contributed by atoms with Gasteiger partial charge in [-0.25, -0.2) is 14.8 Å². The average molecular weight is 311 g/mol. The summed E-state index contributed by atoms with van der Waals surface area (Å²) >= 11 is 1.37. The number of aromatic nitrogens is 2. The van der Waals surface area contributed by atoms with E-state index in [2.05, 4.69) is 15.3 Å². The number of thioether (sulfide) groups is 1. The van der Waals surface area contributed by atoms with E-state index < -0.39 is 11.9 Å². The maximum Gasteiger partial charge on any atom is 0.343 e. The highest BCUT2D eigenvalue weighted by Crippen LogP contribution is 2.31. The number of aliphatic carboxylic acids is 1. The quantitative estimate of drug-likeness (QED) is 0.464. The van der Waals surface area contributed by atoms with Crippen molar-refractivity contribution in [2.24, 2.45) is 5.92 Å². The zero-order valence-electron chi connectivity index (χ0n) is 11.8. The van der Waals surface area contributed by atoms with E-state index in [-0.39, 0.29) is 24.1 Å². The van der Waals surface area contributed by atoms with E-state index in [4.69, 9.17) is 9.84 Å². The molecule has 1 aliphatic carbocycles. The molecule has 0 saturated heterocycles. The van der Waals surface area contributed by atoms with Crippen molar-refractivity contribution in [2.75, 3.05) is 18.2 Å². The molecule has 0 aromatic carbocycles. The van der Waals surface area contributed by atoms with Crippen LogP contribution in [0.25, 0.3) is 0 Å². The Morgan fingerprint density at radius 2 is 2.24 bits per heavy atom. The van der Waals surface area contributed by atoms with Gasteiger partial charge in [0, 0.05) is 12.2 Å². The number of hydrogen-bond acceptors (Lipinski definition) is 7. The molecule has 1 aliphatic rings. The summed E-state index contributed by atoms with van der Waals surface area (Å²) in [6, 6.07) is 0.00360. The van der Waals surface area contributed by atoms with Gasteiger partial charge in [0.15, 0.2) is 5.16 Å². The van der Waals surface area contributed by atoms with E-state index in [9.17, 15) is 9.59 Å². The van der Waals surface area contributed by atoms with Gasteiger partial charge in [-0.3, -0.25) is 4.79 Å². The first-order valence-electron chi connectivity index (χ1n) is 6.62. The van der Waals surface area contributed by atoms with Crippen LogP contribution in [0.5, 0.6) is 0 Å². The number of carboxylic acid groups (broad SMARTS) is 1. The highest BCUT2D eigenvalue weighted by atomic mass is 32.2. The van der Waals surface area contributed by atoms with Crippen molar-refractivity contribution in [3.63, 3.8) is 0 Å². The molecule has 2 N–H and O–H groups in total. The van der Waals surface area contributed by atoms with Crippen LogP contribution in [-0.2, 0) is 9.53 Å². The van der Waals surface area contributed by atoms with E-state index in [1.165, 1.54) is 18.0 Å². The minimum absolute atomic E-state index is 0.00360. The molecule has 1 aromatic rings. The van der Waals surface area contributed by atoms with Crippen LogP contribution in [-0.4, -0.2) is 45.9 Å². The van der Waals surface area contributed by atoms with E-state index in [0.29, 0.717) is 23.8 Å². The van der Waals surface area contributed by atoms with Crippen LogP contribution >= 0.6 is 11.8 Å². The van der Waals surface area contributed by atoms with Crippen LogP contribution in [0.4, 0.5) is 5.82 Å². The number of carboxylic acids is 1. The standard InChI is InChI=1S/C13H17N3O4S/c1-3-20-12(19)9-6-14-13(21-2)16-10(9)15-8-4-7(5-8)11(17)18/h6-8H,3-5H2,1-2H3,(H,17,18)(H,14,15,16)/t7-,8+. The fourth-order valence-corrected chi connectivity index (χ4v) is 2.40. The largest absolute Gasteiger partial charge is 0.481 e. The first-order valence-corrected chi connectivity index (χ1v) is 7.85. The van der Waals surface area contributed by atoms with Gasteiger partial charge in [0.05, 0.1) is 12.5 Å². The van der Waals surface area contributed by atoms with Gasteiger partial charge in [-0.1, -0.05) is 11.8 Å². The number of anilines is 1. The van der Waals surface area contributed by atoms with E-state index >= 15 is 0 Å². The third-order valence-electron chi connectivity index (χ3n) is 3.27. The second-order valence-corrected chi connectivity index (χ2v) is 5.46. The van der Waals surface area contributed by atoms with Gasteiger partial charge in [-0.2, -0.15) is 0 Å². The molecule has 8 heteroatoms. The number of nitrogens with one attached hydrogen (secondary N) is 1. The first kappa shape index (κ1) is 15.6. The Labute approximate surface area is 126 Å². The number of carbonyl (C=O) groups is 2. The third kappa shape index (κ3) is 3.63. The van der Waals surface area contributed by atoms with Crippen molar-refractivity contribution < 1.29 is 19.4 Å². The molecule has 7 nitrogen and oxygen atoms in total. The van der Waals surface area contributed by atoms with Crippen LogP contribution < -0.4 is 5.32 Å². The summed E-state index contributed by atoms with van der Waals surface area (Å²) in [5.74, 6) is -1.19. The van der Waals surface area contributed by atoms with Crippen molar-refractivity contribution in [3.05, 3.63) is 11.8 Å². The fourth-order valence-electron chi connectivity index (χ4n) is 2.06. The monoisotopic (exact) mass is 311 g/mol. The Hall–Kier alpha value is -1.83. The van der Waals surface area contributed by atoms with Gasteiger partial charge < -0.3 is 15.2 Å². The number of nitrogens with zero attached hydrogens (tertiary/aromatic N) is 2. The van der Waals surface area contributed by atoms with Gasteiger partial charge in [0.2, 0.25) is 0 Å². The van der Waals surface area contributed by atoms with Crippen molar-refractivity contribution >= 4 is 29.5 Å². The molecule has 0 unspecified atom stereocenters. The lowest BCUT2D eigenvalue weighted by molar-refractivity contribution is -0.144. The fraction of sp³-hybridized carbons (Fsp3) is 0.538. The summed E-state index contributed by atoms with van der Waals surface area (Å²) in [6.07, 6.45) is 4.33. The van der Waals surface area contributed by atoms with Crippen LogP contribution in [0.15, 0.2) is 11.4 Å². The summed E-state index contributed by atoms with van der Waals surface area (Å²) in [5, 5.41) is 12.5. The van der Waals surface area contributed by atoms with Gasteiger partial charge in [-0.05, 0) is 26.0 Å². The minimum Gasteiger partial charge on any atom is -0.481 e. The topological polar surface area (TPSA) is 101 Å². The maximum absolute atomic E-state index is 11.9. The van der Waals surface area contributed by atoms with Gasteiger partial charge in [0.25, 0.3) is 0 Å². The van der Waals surface area contributed by atoms with Crippen LogP contribution in [0.3, 0.4) is 0 Å². The molecule has 0 spiro atoms. The Balaban J connectivity index is 2.12. The molecule has 0 amide bonds. The number of esters is 1. The summed E-state index contributed by atoms with van der Waals surface area (Å²) < 4.78 is 4.97. The first-order chi connectivity index (χ1) is 10.0. The predicted octanol–water partition coefficient (Wildman–Crippen LogP) is 1.65. The molecular formula is C13H17N3O4S. The van der Waals surface area contributed by atoms with Gasteiger partial charge in [-0.15, -0.1) is 0 Å². The lowest BCUT2D eigenvalue weighted by Gasteiger charge is -2.33. The Kier molecular flexibility index (Phi) is 5.00. The van der Waals surface area contributed by atoms with Crippen LogP contribution in [0, 0.1) is 5.92 Å². The molecule has 1 heterocycles. The summed E-state index contributed by atoms with van der Waals surface area (Å²) in [6.45, 7) is 2.00. The Morgan fingerprint density at radius 3 is 2.81 bits per heavy atom. The molecule has 0 bridgehead atoms. The number of rotatable bonds is 6. The highest BCUT2D eigenvalue weighted by molar-refractivity contribution is 7.98. The highest BCUT2D eigenvalue weighted by Gasteiger charge is 2.35. The van der Waals surface area contributed by atoms with Crippen LogP contribution in [0.2, 0.25) is 0 Å². The van der Waals surface area contributed by atoms with Crippen molar-refractivity contribution in [1.29, 1.82) is 0 Å². The smallest absolute Gasteiger partial charge is 0.343 e. The van der Waals surface area contributed by atoms with E-state index in [1.807, 2.05) is 6.26 Å². The lowest BCUT2D eigenvalue weighted by atomic mass is 9.80. The minimum atomic E-state index is -0.786. The van der Waals surface area contributed by atoms with Crippen molar-refractivity contribution in [1.82, 2.24) is 9.97 Å². The predicted molar refractivity (Wildman–Crippen MR) is 77.5 cm³/mol. The van der Waals surface area contributed by atoms with E-state index in [1.54, 1.807) is 6.92 Å². The SMILES string of the molecule is CCOC(=O)c1cnc(SC)nc1N[C@H]1C[C@@H](C(=O)O)C1. The maximum atomic E-state index is 11.9. The molecule has 1 aromatic heterocycles. The molecule has 2 rings (SSSR count). The Bertz CT molecular complexity index is 546. The molecule has 114 valence electrons. The molecule has 0 aliphatic heterocycles. The number of carbonyl (C=O) groups excluding carboxylic acids is 1. The number of ether oxygens (including phenoxy) is 1. The molecule has 21 heavy (non-hydrogen) atoms. The molecule has 1 fully saturated rings. The normalized spacial score (nSPS) is 20.5. The number of hydrogen-bond donors (Lipinski definition) is 2.